The number of hydrogen-bond acceptors (Lipinski definition) is 5. The molecule has 0 bridgehead atoms. The summed E-state index contributed by atoms with van der Waals surface area (Å²) in [5, 5.41) is 0. The van der Waals surface area contributed by atoms with E-state index in [1.165, 1.54) is 12.3 Å². The van der Waals surface area contributed by atoms with Crippen LogP contribution < -0.4 is 4.90 Å². The number of anilines is 1. The highest BCUT2D eigenvalue weighted by Gasteiger charge is 2.30. The molecule has 0 N–H and O–H groups in total. The van der Waals surface area contributed by atoms with Crippen molar-refractivity contribution in [2.75, 3.05) is 51.3 Å². The van der Waals surface area contributed by atoms with Crippen LogP contribution >= 0.6 is 0 Å². The summed E-state index contributed by atoms with van der Waals surface area (Å²) in [4.78, 5) is 26.6. The van der Waals surface area contributed by atoms with Gasteiger partial charge in [-0.1, -0.05) is 6.58 Å². The Kier molecular flexibility index (Phi) is 5.50. The molecule has 2 aliphatic rings. The first-order valence-corrected chi connectivity index (χ1v) is 8.48. The normalized spacial score (nSPS) is 18.3. The number of halogens is 1. The largest absolute Gasteiger partial charge is 0.489 e. The highest BCUT2D eigenvalue weighted by Crippen LogP contribution is 2.20. The van der Waals surface area contributed by atoms with E-state index in [2.05, 4.69) is 16.6 Å². The molecule has 0 aliphatic carbocycles. The van der Waals surface area contributed by atoms with E-state index >= 15 is 0 Å². The van der Waals surface area contributed by atoms with Crippen LogP contribution in [-0.4, -0.2) is 73.4 Å². The maximum absolute atomic E-state index is 13.0. The van der Waals surface area contributed by atoms with Gasteiger partial charge < -0.3 is 14.5 Å². The number of carbonyl (C=O) groups is 1. The van der Waals surface area contributed by atoms with E-state index in [1.807, 2.05) is 4.90 Å². The van der Waals surface area contributed by atoms with Crippen LogP contribution in [0.3, 0.4) is 0 Å². The lowest BCUT2D eigenvalue weighted by atomic mass is 10.2. The molecule has 8 heteroatoms. The number of amides is 2. The Bertz CT molecular complexity index is 724. The summed E-state index contributed by atoms with van der Waals surface area (Å²) in [6, 6.07) is 2.98. The molecule has 0 spiro atoms. The maximum Gasteiger partial charge on any atom is 0.324 e. The van der Waals surface area contributed by atoms with Gasteiger partial charge in [-0.25, -0.2) is 14.2 Å². The van der Waals surface area contributed by atoms with Crippen molar-refractivity contribution in [3.8, 4) is 0 Å². The van der Waals surface area contributed by atoms with E-state index in [-0.39, 0.29) is 11.8 Å². The minimum Gasteiger partial charge on any atom is -0.489 e. The number of piperazine rings is 1. The predicted molar refractivity (Wildman–Crippen MR) is 97.7 cm³/mol. The molecule has 3 rings (SSSR count). The lowest BCUT2D eigenvalue weighted by Gasteiger charge is -2.39. The van der Waals surface area contributed by atoms with Crippen LogP contribution in [0.25, 0.3) is 0 Å². The molecule has 138 valence electrons. The highest BCUT2D eigenvalue weighted by molar-refractivity contribution is 5.88. The van der Waals surface area contributed by atoms with Gasteiger partial charge >= 0.3 is 6.03 Å². The number of aromatic nitrogens is 1. The molecule has 0 atom stereocenters. The van der Waals surface area contributed by atoms with Crippen molar-refractivity contribution in [2.24, 2.45) is 4.99 Å². The number of aliphatic imine (C=N–C) groups is 1. The smallest absolute Gasteiger partial charge is 0.324 e. The van der Waals surface area contributed by atoms with Crippen molar-refractivity contribution in [3.63, 3.8) is 0 Å². The van der Waals surface area contributed by atoms with Crippen molar-refractivity contribution >= 4 is 18.1 Å². The summed E-state index contributed by atoms with van der Waals surface area (Å²) < 4.78 is 18.6. The number of nitrogens with zero attached hydrogens (tertiary/aromatic N) is 5. The maximum atomic E-state index is 13.0. The van der Waals surface area contributed by atoms with Crippen molar-refractivity contribution in [3.05, 3.63) is 48.3 Å². The number of allylic oxidation sites excluding steroid dienone is 2. The lowest BCUT2D eigenvalue weighted by molar-refractivity contribution is 0.124. The van der Waals surface area contributed by atoms with Crippen LogP contribution in [0.15, 0.2) is 47.4 Å². The second-order valence-electron chi connectivity index (χ2n) is 5.93. The summed E-state index contributed by atoms with van der Waals surface area (Å²) >= 11 is 0. The van der Waals surface area contributed by atoms with Gasteiger partial charge in [-0.3, -0.25) is 9.89 Å². The van der Waals surface area contributed by atoms with Gasteiger partial charge in [-0.15, -0.1) is 0 Å². The zero-order valence-electron chi connectivity index (χ0n) is 14.8. The average molecular weight is 359 g/mol. The minimum absolute atomic E-state index is 0.0748. The van der Waals surface area contributed by atoms with Gasteiger partial charge in [0.05, 0.1) is 12.7 Å². The molecule has 2 amide bonds. The molecule has 1 saturated heterocycles. The van der Waals surface area contributed by atoms with Gasteiger partial charge in [0.1, 0.15) is 29.7 Å². The monoisotopic (exact) mass is 359 g/mol. The molecule has 26 heavy (non-hydrogen) atoms. The van der Waals surface area contributed by atoms with Crippen LogP contribution in [0.4, 0.5) is 15.0 Å². The van der Waals surface area contributed by atoms with Gasteiger partial charge in [0.15, 0.2) is 0 Å². The van der Waals surface area contributed by atoms with E-state index < -0.39 is 0 Å². The first-order valence-electron chi connectivity index (χ1n) is 8.48. The standard InChI is InChI=1S/C18H22FN5O2/c1-3-16-15(13-20-2)24(10-11-26-16)18(25)23-8-6-22(7-9-23)17-5-4-14(19)12-21-17/h3-5,12-13H,1,6-11H2,2H3/b20-13-. The van der Waals surface area contributed by atoms with Crippen LogP contribution in [0, 0.1) is 5.82 Å². The third-order valence-electron chi connectivity index (χ3n) is 4.37. The zero-order chi connectivity index (χ0) is 18.5. The first kappa shape index (κ1) is 17.9. The fourth-order valence-electron chi connectivity index (χ4n) is 3.04. The van der Waals surface area contributed by atoms with Crippen LogP contribution in [0.1, 0.15) is 0 Å². The molecule has 0 unspecified atom stereocenters. The summed E-state index contributed by atoms with van der Waals surface area (Å²) in [6.45, 7) is 7.05. The number of ether oxygens (including phenoxy) is 1. The van der Waals surface area contributed by atoms with Gasteiger partial charge in [-0.2, -0.15) is 0 Å². The molecule has 0 saturated carbocycles. The zero-order valence-corrected chi connectivity index (χ0v) is 14.8. The van der Waals surface area contributed by atoms with Crippen molar-refractivity contribution < 1.29 is 13.9 Å². The number of hydrogen-bond donors (Lipinski definition) is 0. The third-order valence-corrected chi connectivity index (χ3v) is 4.37. The van der Waals surface area contributed by atoms with E-state index in [9.17, 15) is 9.18 Å². The summed E-state index contributed by atoms with van der Waals surface area (Å²) in [6.07, 6.45) is 4.42. The fourth-order valence-corrected chi connectivity index (χ4v) is 3.04. The number of pyridine rings is 1. The first-order chi connectivity index (χ1) is 12.6. The molecule has 3 heterocycles. The van der Waals surface area contributed by atoms with Gasteiger partial charge in [0.2, 0.25) is 0 Å². The van der Waals surface area contributed by atoms with Crippen molar-refractivity contribution in [1.82, 2.24) is 14.8 Å². The second kappa shape index (κ2) is 7.99. The van der Waals surface area contributed by atoms with Crippen molar-refractivity contribution in [1.29, 1.82) is 0 Å². The number of urea groups is 1. The van der Waals surface area contributed by atoms with Gasteiger partial charge in [0, 0.05) is 39.4 Å². The highest BCUT2D eigenvalue weighted by atomic mass is 19.1. The molecule has 2 aliphatic heterocycles. The number of carbonyl (C=O) groups excluding carboxylic acids is 1. The van der Waals surface area contributed by atoms with E-state index in [4.69, 9.17) is 4.74 Å². The van der Waals surface area contributed by atoms with Crippen LogP contribution in [0.2, 0.25) is 0 Å². The Labute approximate surface area is 152 Å². The lowest BCUT2D eigenvalue weighted by Crippen LogP contribution is -2.54. The molecular weight excluding hydrogens is 337 g/mol. The third kappa shape index (κ3) is 3.68. The van der Waals surface area contributed by atoms with E-state index in [0.717, 1.165) is 5.82 Å². The Morgan fingerprint density at radius 1 is 1.31 bits per heavy atom. The van der Waals surface area contributed by atoms with E-state index in [1.54, 1.807) is 35.2 Å². The summed E-state index contributed by atoms with van der Waals surface area (Å²) in [5.74, 6) is 0.923. The molecule has 1 aromatic rings. The molecule has 0 radical (unpaired) electrons. The quantitative estimate of drug-likeness (QED) is 0.774. The molecule has 0 aromatic carbocycles. The Morgan fingerprint density at radius 2 is 2.08 bits per heavy atom. The van der Waals surface area contributed by atoms with Crippen LogP contribution in [-0.2, 0) is 4.74 Å². The van der Waals surface area contributed by atoms with Crippen molar-refractivity contribution in [2.45, 2.75) is 0 Å². The Morgan fingerprint density at radius 3 is 2.69 bits per heavy atom. The fraction of sp³-hybridized carbons (Fsp3) is 0.389. The van der Waals surface area contributed by atoms with Crippen LogP contribution in [0.5, 0.6) is 0 Å². The van der Waals surface area contributed by atoms with Gasteiger partial charge in [0.25, 0.3) is 0 Å². The molecular formula is C18H22FN5O2. The Hall–Kier alpha value is -2.90. The summed E-state index contributed by atoms with van der Waals surface area (Å²) in [7, 11) is 1.65. The molecule has 7 nitrogen and oxygen atoms in total. The predicted octanol–water partition coefficient (Wildman–Crippen LogP) is 1.89. The van der Waals surface area contributed by atoms with E-state index in [0.29, 0.717) is 50.8 Å². The number of rotatable bonds is 3. The second-order valence-corrected chi connectivity index (χ2v) is 5.93. The topological polar surface area (TPSA) is 61.3 Å². The SMILES string of the molecule is C=CC1=C(/C=N\C)N(C(=O)N2CCN(c3ccc(F)cn3)CC2)CCO1. The van der Waals surface area contributed by atoms with Gasteiger partial charge in [-0.05, 0) is 18.2 Å². The molecule has 1 aromatic heterocycles. The minimum atomic E-state index is -0.357. The average Bonchev–Trinajstić information content (AvgIpc) is 2.68. The Balaban J connectivity index is 1.68. The summed E-state index contributed by atoms with van der Waals surface area (Å²) in [5.41, 5.74) is 0.626. The molecule has 1 fully saturated rings.